The van der Waals surface area contributed by atoms with Gasteiger partial charge < -0.3 is 5.32 Å². The van der Waals surface area contributed by atoms with E-state index >= 15 is 0 Å². The third-order valence-corrected chi connectivity index (χ3v) is 4.76. The fourth-order valence-corrected chi connectivity index (χ4v) is 3.52. The fraction of sp³-hybridized carbons (Fsp3) is 0.714. The van der Waals surface area contributed by atoms with Crippen molar-refractivity contribution in [3.05, 3.63) is 11.1 Å². The van der Waals surface area contributed by atoms with E-state index < -0.39 is 0 Å². The highest BCUT2D eigenvalue weighted by Gasteiger charge is 2.19. The molecule has 2 heterocycles. The Morgan fingerprint density at radius 3 is 2.71 bits per heavy atom. The summed E-state index contributed by atoms with van der Waals surface area (Å²) in [5, 5.41) is 6.24. The van der Waals surface area contributed by atoms with Crippen LogP contribution in [-0.4, -0.2) is 48.5 Å². The summed E-state index contributed by atoms with van der Waals surface area (Å²) in [5.41, 5.74) is 1.08. The normalized spacial score (nSPS) is 16.5. The number of nitrogens with one attached hydrogen (secondary N) is 1. The van der Waals surface area contributed by atoms with Crippen LogP contribution in [0.4, 0.5) is 5.13 Å². The maximum atomic E-state index is 11.5. The van der Waals surface area contributed by atoms with Gasteiger partial charge in [-0.15, -0.1) is 23.7 Å². The maximum Gasteiger partial charge on any atom is 0.225 e. The molecule has 0 spiro atoms. The van der Waals surface area contributed by atoms with E-state index in [1.165, 1.54) is 12.8 Å². The molecule has 0 aromatic carbocycles. The minimum atomic E-state index is 0. The van der Waals surface area contributed by atoms with Crippen molar-refractivity contribution < 1.29 is 4.79 Å². The van der Waals surface area contributed by atoms with Gasteiger partial charge in [0, 0.05) is 44.5 Å². The lowest BCUT2D eigenvalue weighted by molar-refractivity contribution is -0.116. The topological polar surface area (TPSA) is 48.5 Å². The lowest BCUT2D eigenvalue weighted by atomic mass is 10.1. The number of rotatable bonds is 5. The number of piperidine rings is 1. The number of anilines is 1. The lowest BCUT2D eigenvalue weighted by Crippen LogP contribution is -2.40. The maximum absolute atomic E-state index is 11.5. The highest BCUT2D eigenvalue weighted by molar-refractivity contribution is 7.14. The summed E-state index contributed by atoms with van der Waals surface area (Å²) in [5.74, 6) is 0.0586. The molecule has 1 aliphatic rings. The first-order valence-corrected chi connectivity index (χ1v) is 8.14. The SMILES string of the molecule is CCN(C(C)=O)c1nc(CN2CCC(NC)CC2)cs1.Cl. The molecular weight excluding hydrogens is 308 g/mol. The summed E-state index contributed by atoms with van der Waals surface area (Å²) in [7, 11) is 2.04. The average Bonchev–Trinajstić information content (AvgIpc) is 2.88. The number of amides is 1. The molecule has 1 fully saturated rings. The lowest BCUT2D eigenvalue weighted by Gasteiger charge is -2.31. The van der Waals surface area contributed by atoms with Gasteiger partial charge in [-0.3, -0.25) is 14.6 Å². The molecule has 0 aliphatic carbocycles. The molecule has 1 aromatic rings. The summed E-state index contributed by atoms with van der Waals surface area (Å²) in [6, 6.07) is 0.658. The molecule has 21 heavy (non-hydrogen) atoms. The first kappa shape index (κ1) is 18.4. The van der Waals surface area contributed by atoms with E-state index in [1.54, 1.807) is 23.2 Å². The van der Waals surface area contributed by atoms with E-state index in [1.807, 2.05) is 14.0 Å². The largest absolute Gasteiger partial charge is 0.317 e. The van der Waals surface area contributed by atoms with E-state index in [9.17, 15) is 4.79 Å². The van der Waals surface area contributed by atoms with Crippen LogP contribution in [0.15, 0.2) is 5.38 Å². The van der Waals surface area contributed by atoms with E-state index in [4.69, 9.17) is 0 Å². The highest BCUT2D eigenvalue weighted by atomic mass is 35.5. The van der Waals surface area contributed by atoms with Gasteiger partial charge in [0.25, 0.3) is 0 Å². The van der Waals surface area contributed by atoms with E-state index in [-0.39, 0.29) is 18.3 Å². The van der Waals surface area contributed by atoms with Gasteiger partial charge in [-0.1, -0.05) is 0 Å². The quantitative estimate of drug-likeness (QED) is 0.897. The first-order valence-electron chi connectivity index (χ1n) is 7.26. The van der Waals surface area contributed by atoms with Crippen molar-refractivity contribution in [2.45, 2.75) is 39.3 Å². The smallest absolute Gasteiger partial charge is 0.225 e. The third kappa shape index (κ3) is 4.92. The Kier molecular flexibility index (Phi) is 7.59. The number of likely N-dealkylation sites (tertiary alicyclic amines) is 1. The summed E-state index contributed by atoms with van der Waals surface area (Å²) in [6.07, 6.45) is 2.39. The number of carbonyl (C=O) groups is 1. The fourth-order valence-electron chi connectivity index (χ4n) is 2.59. The van der Waals surface area contributed by atoms with Crippen molar-refractivity contribution in [3.8, 4) is 0 Å². The van der Waals surface area contributed by atoms with Crippen molar-refractivity contribution in [2.75, 3.05) is 31.6 Å². The van der Waals surface area contributed by atoms with E-state index in [0.717, 1.165) is 30.5 Å². The van der Waals surface area contributed by atoms with Gasteiger partial charge in [0.2, 0.25) is 5.91 Å². The number of aromatic nitrogens is 1. The minimum Gasteiger partial charge on any atom is -0.317 e. The van der Waals surface area contributed by atoms with Crippen LogP contribution in [0.1, 0.15) is 32.4 Å². The molecule has 1 aromatic heterocycles. The van der Waals surface area contributed by atoms with Crippen LogP contribution in [0.3, 0.4) is 0 Å². The Morgan fingerprint density at radius 2 is 2.19 bits per heavy atom. The van der Waals surface area contributed by atoms with Crippen molar-refractivity contribution in [3.63, 3.8) is 0 Å². The second-order valence-corrected chi connectivity index (χ2v) is 6.06. The van der Waals surface area contributed by atoms with Gasteiger partial charge in [0.15, 0.2) is 5.13 Å². The Morgan fingerprint density at radius 1 is 1.52 bits per heavy atom. The summed E-state index contributed by atoms with van der Waals surface area (Å²) >= 11 is 1.56. The number of carbonyl (C=O) groups excluding carboxylic acids is 1. The molecule has 1 aliphatic heterocycles. The van der Waals surface area contributed by atoms with Gasteiger partial charge >= 0.3 is 0 Å². The van der Waals surface area contributed by atoms with Gasteiger partial charge in [0.05, 0.1) is 5.69 Å². The Hall–Kier alpha value is -0.690. The zero-order chi connectivity index (χ0) is 14.5. The number of hydrogen-bond donors (Lipinski definition) is 1. The van der Waals surface area contributed by atoms with Crippen molar-refractivity contribution >= 4 is 34.8 Å². The van der Waals surface area contributed by atoms with Crippen LogP contribution in [0.5, 0.6) is 0 Å². The van der Waals surface area contributed by atoms with Crippen LogP contribution >= 0.6 is 23.7 Å². The van der Waals surface area contributed by atoms with Crippen LogP contribution in [-0.2, 0) is 11.3 Å². The molecule has 0 bridgehead atoms. The minimum absolute atomic E-state index is 0. The van der Waals surface area contributed by atoms with E-state index in [2.05, 4.69) is 20.6 Å². The second-order valence-electron chi connectivity index (χ2n) is 5.22. The predicted octanol–water partition coefficient (Wildman–Crippen LogP) is 2.12. The number of halogens is 1. The molecule has 1 amide bonds. The molecule has 1 saturated heterocycles. The molecular formula is C14H25ClN4OS. The molecule has 7 heteroatoms. The number of nitrogens with zero attached hydrogens (tertiary/aromatic N) is 3. The zero-order valence-electron chi connectivity index (χ0n) is 13.0. The molecule has 0 unspecified atom stereocenters. The van der Waals surface area contributed by atoms with Crippen molar-refractivity contribution in [1.82, 2.24) is 15.2 Å². The number of hydrogen-bond acceptors (Lipinski definition) is 5. The highest BCUT2D eigenvalue weighted by Crippen LogP contribution is 2.22. The van der Waals surface area contributed by atoms with Gasteiger partial charge in [-0.25, -0.2) is 4.98 Å². The molecule has 0 saturated carbocycles. The van der Waals surface area contributed by atoms with Crippen molar-refractivity contribution in [1.29, 1.82) is 0 Å². The molecule has 2 rings (SSSR count). The Bertz CT molecular complexity index is 446. The second kappa shape index (κ2) is 8.68. The molecule has 5 nitrogen and oxygen atoms in total. The van der Waals surface area contributed by atoms with Crippen LogP contribution < -0.4 is 10.2 Å². The summed E-state index contributed by atoms with van der Waals surface area (Å²) < 4.78 is 0. The standard InChI is InChI=1S/C14H24N4OS.ClH/c1-4-18(11(2)19)14-16-13(10-20-14)9-17-7-5-12(15-3)6-8-17;/h10,12,15H,4-9H2,1-3H3;1H. The predicted molar refractivity (Wildman–Crippen MR) is 90.4 cm³/mol. The van der Waals surface area contributed by atoms with Gasteiger partial charge in [-0.2, -0.15) is 0 Å². The number of thiazole rings is 1. The van der Waals surface area contributed by atoms with Gasteiger partial charge in [0.1, 0.15) is 0 Å². The average molecular weight is 333 g/mol. The zero-order valence-corrected chi connectivity index (χ0v) is 14.6. The van der Waals surface area contributed by atoms with Crippen LogP contribution in [0, 0.1) is 0 Å². The summed E-state index contributed by atoms with van der Waals surface area (Å²) in [6.45, 7) is 7.36. The molecule has 120 valence electrons. The molecule has 0 radical (unpaired) electrons. The molecule has 0 atom stereocenters. The monoisotopic (exact) mass is 332 g/mol. The van der Waals surface area contributed by atoms with Crippen LogP contribution in [0.2, 0.25) is 0 Å². The summed E-state index contributed by atoms with van der Waals surface area (Å²) in [4.78, 5) is 20.3. The molecule has 1 N–H and O–H groups in total. The van der Waals surface area contributed by atoms with Crippen LogP contribution in [0.25, 0.3) is 0 Å². The first-order chi connectivity index (χ1) is 9.63. The van der Waals surface area contributed by atoms with Crippen molar-refractivity contribution in [2.24, 2.45) is 0 Å². The Labute approximate surface area is 137 Å². The third-order valence-electron chi connectivity index (χ3n) is 3.85. The Balaban J connectivity index is 0.00000220. The van der Waals surface area contributed by atoms with Gasteiger partial charge in [-0.05, 0) is 26.8 Å². The van der Waals surface area contributed by atoms with E-state index in [0.29, 0.717) is 12.6 Å².